The Morgan fingerprint density at radius 1 is 1.38 bits per heavy atom. The molecule has 0 fully saturated rings. The number of aromatic nitrogens is 2. The summed E-state index contributed by atoms with van der Waals surface area (Å²) in [5.41, 5.74) is 2.66. The van der Waals surface area contributed by atoms with Gasteiger partial charge in [-0.25, -0.2) is 4.98 Å². The van der Waals surface area contributed by atoms with Gasteiger partial charge in [-0.3, -0.25) is 9.20 Å². The molecule has 3 aromatic rings. The van der Waals surface area contributed by atoms with E-state index >= 15 is 0 Å². The molecular formula is C15H15N3O2S. The average molecular weight is 301 g/mol. The minimum Gasteiger partial charge on any atom is -0.497 e. The van der Waals surface area contributed by atoms with Gasteiger partial charge in [0.15, 0.2) is 4.96 Å². The number of nitrogens with zero attached hydrogens (tertiary/aromatic N) is 2. The van der Waals surface area contributed by atoms with Crippen LogP contribution >= 0.6 is 11.3 Å². The fourth-order valence-electron chi connectivity index (χ4n) is 2.11. The number of imidazole rings is 1. The van der Waals surface area contributed by atoms with Crippen molar-refractivity contribution >= 4 is 27.9 Å². The molecular weight excluding hydrogens is 286 g/mol. The fraction of sp³-hybridized carbons (Fsp3) is 0.200. The normalized spacial score (nSPS) is 10.8. The molecule has 2 heterocycles. The Kier molecular flexibility index (Phi) is 3.62. The van der Waals surface area contributed by atoms with Gasteiger partial charge in [0.05, 0.1) is 19.2 Å². The van der Waals surface area contributed by atoms with Crippen molar-refractivity contribution in [2.75, 3.05) is 12.4 Å². The predicted molar refractivity (Wildman–Crippen MR) is 83.1 cm³/mol. The second kappa shape index (κ2) is 5.57. The number of amides is 1. The van der Waals surface area contributed by atoms with Crippen molar-refractivity contribution in [3.05, 3.63) is 47.2 Å². The number of hydrogen-bond acceptors (Lipinski definition) is 4. The van der Waals surface area contributed by atoms with Crippen LogP contribution in [0.1, 0.15) is 11.4 Å². The van der Waals surface area contributed by atoms with E-state index in [0.29, 0.717) is 6.42 Å². The SMILES string of the molecule is COc1ccc(NC(=O)Cc2csc3nc(C)cn23)cc1. The third-order valence-corrected chi connectivity index (χ3v) is 4.01. The molecule has 0 bridgehead atoms. The number of anilines is 1. The number of fused-ring (bicyclic) bond motifs is 1. The van der Waals surface area contributed by atoms with Gasteiger partial charge in [-0.1, -0.05) is 0 Å². The van der Waals surface area contributed by atoms with Crippen LogP contribution in [0.25, 0.3) is 4.96 Å². The summed E-state index contributed by atoms with van der Waals surface area (Å²) < 4.78 is 7.05. The molecule has 0 spiro atoms. The van der Waals surface area contributed by atoms with Gasteiger partial charge >= 0.3 is 0 Å². The number of thiazole rings is 1. The van der Waals surface area contributed by atoms with E-state index in [-0.39, 0.29) is 5.91 Å². The highest BCUT2D eigenvalue weighted by Gasteiger charge is 2.10. The van der Waals surface area contributed by atoms with Crippen LogP contribution in [0.3, 0.4) is 0 Å². The fourth-order valence-corrected chi connectivity index (χ4v) is 3.03. The Morgan fingerprint density at radius 2 is 2.14 bits per heavy atom. The minimum absolute atomic E-state index is 0.0498. The molecule has 0 atom stereocenters. The van der Waals surface area contributed by atoms with E-state index in [2.05, 4.69) is 10.3 Å². The number of ether oxygens (including phenoxy) is 1. The van der Waals surface area contributed by atoms with E-state index < -0.39 is 0 Å². The first-order valence-corrected chi connectivity index (χ1v) is 7.39. The lowest BCUT2D eigenvalue weighted by atomic mass is 10.2. The summed E-state index contributed by atoms with van der Waals surface area (Å²) in [5.74, 6) is 0.715. The first kappa shape index (κ1) is 13.6. The molecule has 0 saturated heterocycles. The highest BCUT2D eigenvalue weighted by molar-refractivity contribution is 7.15. The first-order valence-electron chi connectivity index (χ1n) is 6.51. The molecule has 0 unspecified atom stereocenters. The van der Waals surface area contributed by atoms with E-state index in [1.165, 1.54) is 0 Å². The molecule has 0 saturated carbocycles. The zero-order valence-corrected chi connectivity index (χ0v) is 12.6. The van der Waals surface area contributed by atoms with Crippen molar-refractivity contribution in [1.82, 2.24) is 9.38 Å². The Labute approximate surface area is 126 Å². The summed E-state index contributed by atoms with van der Waals surface area (Å²) >= 11 is 1.54. The minimum atomic E-state index is -0.0498. The summed E-state index contributed by atoms with van der Waals surface area (Å²) in [7, 11) is 1.61. The molecule has 6 heteroatoms. The van der Waals surface area contributed by atoms with Gasteiger partial charge in [-0.2, -0.15) is 0 Å². The number of carbonyl (C=O) groups excluding carboxylic acids is 1. The van der Waals surface area contributed by atoms with E-state index in [1.54, 1.807) is 18.4 Å². The average Bonchev–Trinajstić information content (AvgIpc) is 3.00. The lowest BCUT2D eigenvalue weighted by Gasteiger charge is -2.06. The summed E-state index contributed by atoms with van der Waals surface area (Å²) in [5, 5.41) is 4.85. The van der Waals surface area contributed by atoms with Crippen LogP contribution < -0.4 is 10.1 Å². The largest absolute Gasteiger partial charge is 0.497 e. The van der Waals surface area contributed by atoms with Gasteiger partial charge in [0.25, 0.3) is 0 Å². The molecule has 2 aromatic heterocycles. The number of hydrogen-bond donors (Lipinski definition) is 1. The second-order valence-electron chi connectivity index (χ2n) is 4.72. The highest BCUT2D eigenvalue weighted by Crippen LogP contribution is 2.18. The molecule has 1 amide bonds. The summed E-state index contributed by atoms with van der Waals surface area (Å²) in [6.07, 6.45) is 2.27. The van der Waals surface area contributed by atoms with Crippen molar-refractivity contribution in [3.8, 4) is 5.75 Å². The molecule has 1 aromatic carbocycles. The summed E-state index contributed by atoms with van der Waals surface area (Å²) in [6, 6.07) is 7.28. The number of rotatable bonds is 4. The number of methoxy groups -OCH3 is 1. The number of benzene rings is 1. The zero-order valence-electron chi connectivity index (χ0n) is 11.8. The van der Waals surface area contributed by atoms with Crippen LogP contribution in [0.4, 0.5) is 5.69 Å². The first-order chi connectivity index (χ1) is 10.2. The topological polar surface area (TPSA) is 55.6 Å². The number of nitrogens with one attached hydrogen (secondary N) is 1. The van der Waals surface area contributed by atoms with Gasteiger partial charge in [0, 0.05) is 23.0 Å². The van der Waals surface area contributed by atoms with E-state index in [1.807, 2.05) is 47.2 Å². The Morgan fingerprint density at radius 3 is 2.86 bits per heavy atom. The Bertz CT molecular complexity index is 774. The quantitative estimate of drug-likeness (QED) is 0.806. The van der Waals surface area contributed by atoms with E-state index in [4.69, 9.17) is 4.74 Å². The maximum absolute atomic E-state index is 12.1. The van der Waals surface area contributed by atoms with Gasteiger partial charge in [0.2, 0.25) is 5.91 Å². The van der Waals surface area contributed by atoms with Crippen LogP contribution in [0, 0.1) is 6.92 Å². The van der Waals surface area contributed by atoms with Gasteiger partial charge < -0.3 is 10.1 Å². The van der Waals surface area contributed by atoms with Gasteiger partial charge in [-0.15, -0.1) is 11.3 Å². The maximum atomic E-state index is 12.1. The molecule has 3 rings (SSSR count). The molecule has 108 valence electrons. The maximum Gasteiger partial charge on any atom is 0.230 e. The summed E-state index contributed by atoms with van der Waals surface area (Å²) in [4.78, 5) is 17.4. The van der Waals surface area contributed by atoms with Crippen molar-refractivity contribution in [2.45, 2.75) is 13.3 Å². The molecule has 21 heavy (non-hydrogen) atoms. The highest BCUT2D eigenvalue weighted by atomic mass is 32.1. The van der Waals surface area contributed by atoms with Crippen molar-refractivity contribution < 1.29 is 9.53 Å². The second-order valence-corrected chi connectivity index (χ2v) is 5.55. The van der Waals surface area contributed by atoms with Gasteiger partial charge in [-0.05, 0) is 31.2 Å². The number of carbonyl (C=O) groups is 1. The van der Waals surface area contributed by atoms with Crippen LogP contribution in [0.2, 0.25) is 0 Å². The molecule has 5 nitrogen and oxygen atoms in total. The monoisotopic (exact) mass is 301 g/mol. The standard InChI is InChI=1S/C15H15N3O2S/c1-10-8-18-12(9-21-15(18)16-10)7-14(19)17-11-3-5-13(20-2)6-4-11/h3-6,8-9H,7H2,1-2H3,(H,17,19). The lowest BCUT2D eigenvalue weighted by molar-refractivity contribution is -0.115. The Balaban J connectivity index is 1.70. The van der Waals surface area contributed by atoms with Crippen LogP contribution in [0.5, 0.6) is 5.75 Å². The predicted octanol–water partition coefficient (Wildman–Crippen LogP) is 2.89. The smallest absolute Gasteiger partial charge is 0.230 e. The molecule has 0 aliphatic carbocycles. The number of aryl methyl sites for hydroxylation is 1. The van der Waals surface area contributed by atoms with Gasteiger partial charge in [0.1, 0.15) is 5.75 Å². The third kappa shape index (κ3) is 2.90. The third-order valence-electron chi connectivity index (χ3n) is 3.12. The van der Waals surface area contributed by atoms with Crippen LogP contribution in [-0.4, -0.2) is 22.4 Å². The van der Waals surface area contributed by atoms with Crippen LogP contribution in [0.15, 0.2) is 35.8 Å². The molecule has 0 aliphatic heterocycles. The van der Waals surface area contributed by atoms with Crippen LogP contribution in [-0.2, 0) is 11.2 Å². The van der Waals surface area contributed by atoms with E-state index in [0.717, 1.165) is 27.8 Å². The molecule has 0 aliphatic rings. The molecule has 0 radical (unpaired) electrons. The lowest BCUT2D eigenvalue weighted by Crippen LogP contribution is -2.15. The Hall–Kier alpha value is -2.34. The van der Waals surface area contributed by atoms with Crippen molar-refractivity contribution in [1.29, 1.82) is 0 Å². The summed E-state index contributed by atoms with van der Waals surface area (Å²) in [6.45, 7) is 1.95. The van der Waals surface area contributed by atoms with E-state index in [9.17, 15) is 4.79 Å². The zero-order chi connectivity index (χ0) is 14.8. The van der Waals surface area contributed by atoms with Crippen molar-refractivity contribution in [3.63, 3.8) is 0 Å². The molecule has 1 N–H and O–H groups in total. The van der Waals surface area contributed by atoms with Crippen molar-refractivity contribution in [2.24, 2.45) is 0 Å².